The molecule has 0 aliphatic rings. The molecule has 2 N–H and O–H groups in total. The van der Waals surface area contributed by atoms with Gasteiger partial charge >= 0.3 is 11.9 Å². The van der Waals surface area contributed by atoms with Crippen LogP contribution in [-0.4, -0.2) is 73.5 Å². The van der Waals surface area contributed by atoms with Crippen molar-refractivity contribution in [3.05, 3.63) is 119 Å². The SMILES string of the molecule is O=COCOc1ccc(C(=O)c2ccc(OCC(=O)O)cc2)cc1.O=COCOc1ccccc1C(=O)c1ccccc1OCC(=O)O. The molecule has 0 aromatic heterocycles. The number of para-hydroxylation sites is 2. The van der Waals surface area contributed by atoms with Crippen LogP contribution in [0.3, 0.4) is 0 Å². The molecular weight excluding hydrogens is 632 g/mol. The normalized spacial score (nSPS) is 9.83. The molecule has 0 saturated heterocycles. The monoisotopic (exact) mass is 660 g/mol. The molecule has 0 atom stereocenters. The molecule has 0 unspecified atom stereocenters. The maximum Gasteiger partial charge on any atom is 0.341 e. The van der Waals surface area contributed by atoms with Crippen molar-refractivity contribution in [3.63, 3.8) is 0 Å². The number of carboxylic acid groups (broad SMARTS) is 2. The maximum atomic E-state index is 12.7. The number of carboxylic acids is 2. The molecule has 4 aromatic carbocycles. The van der Waals surface area contributed by atoms with Gasteiger partial charge in [-0.3, -0.25) is 19.2 Å². The zero-order valence-corrected chi connectivity index (χ0v) is 25.0. The summed E-state index contributed by atoms with van der Waals surface area (Å²) in [6.07, 6.45) is 0. The Morgan fingerprint density at radius 2 is 0.917 bits per heavy atom. The summed E-state index contributed by atoms with van der Waals surface area (Å²) in [4.78, 5) is 66.4. The summed E-state index contributed by atoms with van der Waals surface area (Å²) < 4.78 is 29.4. The molecular formula is C34H28O14. The number of hydrogen-bond donors (Lipinski definition) is 2. The largest absolute Gasteiger partial charge is 0.482 e. The van der Waals surface area contributed by atoms with Crippen molar-refractivity contribution >= 4 is 36.4 Å². The minimum absolute atomic E-state index is 0.156. The Morgan fingerprint density at radius 1 is 0.500 bits per heavy atom. The van der Waals surface area contributed by atoms with Crippen molar-refractivity contribution in [2.45, 2.75) is 0 Å². The van der Waals surface area contributed by atoms with Crippen LogP contribution in [0.25, 0.3) is 0 Å². The van der Waals surface area contributed by atoms with Gasteiger partial charge in [-0.1, -0.05) is 24.3 Å². The second kappa shape index (κ2) is 19.0. The highest BCUT2D eigenvalue weighted by Gasteiger charge is 2.19. The summed E-state index contributed by atoms with van der Waals surface area (Å²) >= 11 is 0. The van der Waals surface area contributed by atoms with Crippen LogP contribution in [0.4, 0.5) is 0 Å². The molecule has 0 bridgehead atoms. The zero-order valence-electron chi connectivity index (χ0n) is 25.0. The average molecular weight is 661 g/mol. The summed E-state index contributed by atoms with van der Waals surface area (Å²) in [5.41, 5.74) is 1.33. The van der Waals surface area contributed by atoms with Gasteiger partial charge in [0.1, 0.15) is 23.0 Å². The maximum absolute atomic E-state index is 12.7. The van der Waals surface area contributed by atoms with Gasteiger partial charge in [0.25, 0.3) is 12.9 Å². The standard InChI is InChI=1S/2C17H14O7/c18-10-22-11-24-15-7-3-13(4-8-15)17(21)12-1-5-14(6-2-12)23-9-16(19)20;18-10-22-11-24-15-8-4-2-6-13(15)17(21)12-5-1-3-7-14(12)23-9-16(19)20/h2*1-8,10H,9,11H2,(H,19,20). The Kier molecular flexibility index (Phi) is 14.1. The minimum atomic E-state index is -1.15. The van der Waals surface area contributed by atoms with Crippen molar-refractivity contribution in [3.8, 4) is 23.0 Å². The van der Waals surface area contributed by atoms with E-state index in [1.165, 1.54) is 24.3 Å². The van der Waals surface area contributed by atoms with Crippen molar-refractivity contribution in [1.29, 1.82) is 0 Å². The van der Waals surface area contributed by atoms with E-state index >= 15 is 0 Å². The summed E-state index contributed by atoms with van der Waals surface area (Å²) in [6, 6.07) is 25.3. The van der Waals surface area contributed by atoms with Crippen LogP contribution in [0, 0.1) is 0 Å². The Labute approximate surface area is 272 Å². The predicted octanol–water partition coefficient (Wildman–Crippen LogP) is 3.78. The summed E-state index contributed by atoms with van der Waals surface area (Å²) in [5.74, 6) is -1.60. The van der Waals surface area contributed by atoms with Crippen molar-refractivity contribution in [2.24, 2.45) is 0 Å². The van der Waals surface area contributed by atoms with Crippen LogP contribution < -0.4 is 18.9 Å². The molecule has 14 heteroatoms. The number of carbonyl (C=O) groups is 6. The number of hydrogen-bond acceptors (Lipinski definition) is 12. The third kappa shape index (κ3) is 11.3. The fraction of sp³-hybridized carbons (Fsp3) is 0.118. The van der Waals surface area contributed by atoms with Crippen LogP contribution in [0.5, 0.6) is 23.0 Å². The molecule has 0 aliphatic heterocycles. The number of ether oxygens (including phenoxy) is 6. The van der Waals surface area contributed by atoms with E-state index in [4.69, 9.17) is 29.2 Å². The van der Waals surface area contributed by atoms with Gasteiger partial charge < -0.3 is 38.6 Å². The van der Waals surface area contributed by atoms with Gasteiger partial charge in [-0.25, -0.2) is 9.59 Å². The van der Waals surface area contributed by atoms with Gasteiger partial charge in [-0.05, 0) is 72.8 Å². The van der Waals surface area contributed by atoms with Gasteiger partial charge in [-0.2, -0.15) is 0 Å². The molecule has 4 aromatic rings. The lowest BCUT2D eigenvalue weighted by Crippen LogP contribution is -2.13. The molecule has 48 heavy (non-hydrogen) atoms. The van der Waals surface area contributed by atoms with Gasteiger partial charge in [0, 0.05) is 11.1 Å². The topological polar surface area (TPSA) is 198 Å². The van der Waals surface area contributed by atoms with Crippen molar-refractivity contribution < 1.29 is 67.4 Å². The molecule has 4 rings (SSSR count). The summed E-state index contributed by atoms with van der Waals surface area (Å²) in [7, 11) is 0. The minimum Gasteiger partial charge on any atom is -0.482 e. The molecule has 248 valence electrons. The van der Waals surface area contributed by atoms with Crippen LogP contribution in [0.1, 0.15) is 31.8 Å². The third-order valence-electron chi connectivity index (χ3n) is 5.92. The van der Waals surface area contributed by atoms with E-state index in [0.29, 0.717) is 22.6 Å². The van der Waals surface area contributed by atoms with Crippen LogP contribution >= 0.6 is 0 Å². The lowest BCUT2D eigenvalue weighted by atomic mass is 10.0. The van der Waals surface area contributed by atoms with Crippen molar-refractivity contribution in [2.75, 3.05) is 26.8 Å². The molecule has 0 radical (unpaired) electrons. The first-order valence-electron chi connectivity index (χ1n) is 13.8. The fourth-order valence-electron chi connectivity index (χ4n) is 3.82. The summed E-state index contributed by atoms with van der Waals surface area (Å²) in [6.45, 7) is -1.01. The first-order valence-corrected chi connectivity index (χ1v) is 13.8. The second-order valence-corrected chi connectivity index (χ2v) is 9.11. The van der Waals surface area contributed by atoms with E-state index in [1.807, 2.05) is 0 Å². The molecule has 0 spiro atoms. The molecule has 14 nitrogen and oxygen atoms in total. The Morgan fingerprint density at radius 3 is 1.40 bits per heavy atom. The molecule has 0 aliphatic carbocycles. The zero-order chi connectivity index (χ0) is 34.7. The Hall–Kier alpha value is -6.70. The predicted molar refractivity (Wildman–Crippen MR) is 164 cm³/mol. The second-order valence-electron chi connectivity index (χ2n) is 9.11. The lowest BCUT2D eigenvalue weighted by molar-refractivity contribution is -0.140. The van der Waals surface area contributed by atoms with Crippen LogP contribution in [0.15, 0.2) is 97.1 Å². The number of ketones is 2. The smallest absolute Gasteiger partial charge is 0.341 e. The first-order chi connectivity index (χ1) is 23.2. The molecule has 0 fully saturated rings. The quantitative estimate of drug-likeness (QED) is 0.0676. The number of benzene rings is 4. The highest BCUT2D eigenvalue weighted by Crippen LogP contribution is 2.27. The molecule has 0 heterocycles. The van der Waals surface area contributed by atoms with E-state index in [0.717, 1.165) is 0 Å². The lowest BCUT2D eigenvalue weighted by Gasteiger charge is -2.12. The average Bonchev–Trinajstić information content (AvgIpc) is 3.10. The van der Waals surface area contributed by atoms with E-state index in [-0.39, 0.29) is 54.9 Å². The van der Waals surface area contributed by atoms with Gasteiger partial charge in [0.05, 0.1) is 11.1 Å². The third-order valence-corrected chi connectivity index (χ3v) is 5.92. The highest BCUT2D eigenvalue weighted by molar-refractivity contribution is 6.12. The van der Waals surface area contributed by atoms with Gasteiger partial charge in [0.15, 0.2) is 24.8 Å². The van der Waals surface area contributed by atoms with Crippen LogP contribution in [0.2, 0.25) is 0 Å². The van der Waals surface area contributed by atoms with E-state index in [1.54, 1.807) is 72.8 Å². The number of aliphatic carboxylic acids is 2. The number of carbonyl (C=O) groups excluding carboxylic acids is 4. The van der Waals surface area contributed by atoms with Crippen LogP contribution in [-0.2, 0) is 28.7 Å². The van der Waals surface area contributed by atoms with E-state index in [2.05, 4.69) is 9.47 Å². The fourth-order valence-corrected chi connectivity index (χ4v) is 3.82. The Balaban J connectivity index is 0.000000260. The molecule has 0 amide bonds. The highest BCUT2D eigenvalue weighted by atomic mass is 16.7. The summed E-state index contributed by atoms with van der Waals surface area (Å²) in [5, 5.41) is 17.3. The number of rotatable bonds is 18. The van der Waals surface area contributed by atoms with Crippen molar-refractivity contribution in [1.82, 2.24) is 0 Å². The Bertz CT molecular complexity index is 1700. The van der Waals surface area contributed by atoms with Gasteiger partial charge in [-0.15, -0.1) is 0 Å². The van der Waals surface area contributed by atoms with E-state index in [9.17, 15) is 28.8 Å². The van der Waals surface area contributed by atoms with Gasteiger partial charge in [0.2, 0.25) is 13.6 Å². The van der Waals surface area contributed by atoms with E-state index < -0.39 is 30.9 Å². The molecule has 0 saturated carbocycles. The first kappa shape index (κ1) is 35.8.